The Labute approximate surface area is 197 Å². The lowest BCUT2D eigenvalue weighted by molar-refractivity contribution is -0.124. The number of carbonyl (C=O) groups excluding carboxylic acids is 2. The van der Waals surface area contributed by atoms with Gasteiger partial charge >= 0.3 is 0 Å². The van der Waals surface area contributed by atoms with Gasteiger partial charge in [-0.25, -0.2) is 0 Å². The number of benzene rings is 3. The molecule has 7 nitrogen and oxygen atoms in total. The number of rotatable bonds is 6. The van der Waals surface area contributed by atoms with Crippen LogP contribution in [0.3, 0.4) is 0 Å². The molecular formula is C21H17BrClN3O4S. The number of fused-ring (bicyclic) bond motifs is 1. The van der Waals surface area contributed by atoms with E-state index in [2.05, 4.69) is 32.1 Å². The van der Waals surface area contributed by atoms with Crippen LogP contribution in [0.4, 0.5) is 0 Å². The average Bonchev–Trinajstić information content (AvgIpc) is 2.75. The molecule has 0 fully saturated rings. The van der Waals surface area contributed by atoms with E-state index in [9.17, 15) is 9.59 Å². The van der Waals surface area contributed by atoms with Gasteiger partial charge in [-0.3, -0.25) is 25.8 Å². The van der Waals surface area contributed by atoms with Crippen LogP contribution in [0.2, 0.25) is 5.02 Å². The molecule has 3 N–H and O–H groups in total. The highest BCUT2D eigenvalue weighted by Crippen LogP contribution is 2.27. The third kappa shape index (κ3) is 7.09. The first kappa shape index (κ1) is 22.8. The largest absolute Gasteiger partial charge is 0.484 e. The molecule has 0 aliphatic heterocycles. The van der Waals surface area contributed by atoms with Crippen LogP contribution < -0.4 is 25.6 Å². The van der Waals surface area contributed by atoms with E-state index in [4.69, 9.17) is 33.3 Å². The van der Waals surface area contributed by atoms with Gasteiger partial charge in [0, 0.05) is 4.47 Å². The highest BCUT2D eigenvalue weighted by atomic mass is 79.9. The van der Waals surface area contributed by atoms with Crippen LogP contribution in [0, 0.1) is 0 Å². The Morgan fingerprint density at radius 2 is 1.65 bits per heavy atom. The van der Waals surface area contributed by atoms with Crippen molar-refractivity contribution in [2.45, 2.75) is 0 Å². The third-order valence-electron chi connectivity index (χ3n) is 3.91. The molecule has 0 unspecified atom stereocenters. The molecule has 0 radical (unpaired) electrons. The van der Waals surface area contributed by atoms with Crippen LogP contribution in [0.5, 0.6) is 11.5 Å². The maximum absolute atomic E-state index is 11.9. The van der Waals surface area contributed by atoms with Crippen LogP contribution in [0.25, 0.3) is 10.8 Å². The number of hydrogen-bond acceptors (Lipinski definition) is 5. The Hall–Kier alpha value is -2.88. The Bertz CT molecular complexity index is 1130. The molecule has 0 saturated carbocycles. The molecule has 10 heteroatoms. The van der Waals surface area contributed by atoms with Crippen molar-refractivity contribution in [3.05, 3.63) is 70.2 Å². The Morgan fingerprint density at radius 1 is 0.903 bits per heavy atom. The fraction of sp³-hybridized carbons (Fsp3) is 0.0952. The SMILES string of the molecule is O=C(COc1ccc2ccccc2c1)NNC(=S)NC(=O)COc1ccc(Br)cc1Cl. The highest BCUT2D eigenvalue weighted by Gasteiger charge is 2.09. The van der Waals surface area contributed by atoms with Crippen molar-refractivity contribution in [3.63, 3.8) is 0 Å². The van der Waals surface area contributed by atoms with Crippen molar-refractivity contribution in [1.29, 1.82) is 0 Å². The van der Waals surface area contributed by atoms with Gasteiger partial charge in [-0.1, -0.05) is 57.9 Å². The van der Waals surface area contributed by atoms with Gasteiger partial charge in [-0.15, -0.1) is 0 Å². The summed E-state index contributed by atoms with van der Waals surface area (Å²) in [5.41, 5.74) is 4.78. The summed E-state index contributed by atoms with van der Waals surface area (Å²) < 4.78 is 11.6. The van der Waals surface area contributed by atoms with Crippen molar-refractivity contribution in [2.75, 3.05) is 13.2 Å². The molecule has 0 aromatic heterocycles. The summed E-state index contributed by atoms with van der Waals surface area (Å²) in [7, 11) is 0. The number of nitrogens with one attached hydrogen (secondary N) is 3. The minimum absolute atomic E-state index is 0.0884. The molecule has 0 bridgehead atoms. The Morgan fingerprint density at radius 3 is 2.42 bits per heavy atom. The molecule has 0 saturated heterocycles. The van der Waals surface area contributed by atoms with E-state index in [0.29, 0.717) is 16.5 Å². The number of hydrogen-bond donors (Lipinski definition) is 3. The number of halogens is 2. The minimum Gasteiger partial charge on any atom is -0.484 e. The first-order chi connectivity index (χ1) is 14.9. The van der Waals surface area contributed by atoms with Gasteiger partial charge in [0.1, 0.15) is 11.5 Å². The highest BCUT2D eigenvalue weighted by molar-refractivity contribution is 9.10. The van der Waals surface area contributed by atoms with Crippen molar-refractivity contribution < 1.29 is 19.1 Å². The van der Waals surface area contributed by atoms with E-state index >= 15 is 0 Å². The predicted molar refractivity (Wildman–Crippen MR) is 126 cm³/mol. The van der Waals surface area contributed by atoms with E-state index in [1.807, 2.05) is 36.4 Å². The van der Waals surface area contributed by atoms with Crippen LogP contribution in [0.15, 0.2) is 65.1 Å². The lowest BCUT2D eigenvalue weighted by Crippen LogP contribution is -2.50. The van der Waals surface area contributed by atoms with Gasteiger partial charge in [0.25, 0.3) is 11.8 Å². The summed E-state index contributed by atoms with van der Waals surface area (Å²) in [5.74, 6) is -0.0627. The zero-order valence-electron chi connectivity index (χ0n) is 16.0. The summed E-state index contributed by atoms with van der Waals surface area (Å²) in [5, 5.41) is 4.74. The maximum atomic E-state index is 11.9. The molecule has 0 aliphatic carbocycles. The Kier molecular flexibility index (Phi) is 8.05. The second-order valence-electron chi connectivity index (χ2n) is 6.21. The van der Waals surface area contributed by atoms with Gasteiger partial charge in [0.05, 0.1) is 5.02 Å². The first-order valence-electron chi connectivity index (χ1n) is 8.99. The van der Waals surface area contributed by atoms with Crippen molar-refractivity contribution in [2.24, 2.45) is 0 Å². The second kappa shape index (κ2) is 10.9. The number of amides is 2. The standard InChI is InChI=1S/C21H17BrClN3O4S/c22-15-6-8-18(17(23)10-15)30-11-19(27)24-21(31)26-25-20(28)12-29-16-7-5-13-3-1-2-4-14(13)9-16/h1-10H,11-12H2,(H,25,28)(H2,24,26,27,31). The summed E-state index contributed by atoms with van der Waals surface area (Å²) in [4.78, 5) is 23.8. The zero-order chi connectivity index (χ0) is 22.2. The lowest BCUT2D eigenvalue weighted by atomic mass is 10.1. The monoisotopic (exact) mass is 521 g/mol. The van der Waals surface area contributed by atoms with Crippen molar-refractivity contribution in [1.82, 2.24) is 16.2 Å². The topological polar surface area (TPSA) is 88.7 Å². The van der Waals surface area contributed by atoms with Crippen LogP contribution >= 0.6 is 39.7 Å². The van der Waals surface area contributed by atoms with Gasteiger partial charge in [-0.2, -0.15) is 0 Å². The van der Waals surface area contributed by atoms with E-state index in [1.54, 1.807) is 24.3 Å². The van der Waals surface area contributed by atoms with Gasteiger partial charge in [0.2, 0.25) is 0 Å². The number of thiocarbonyl (C=S) groups is 1. The fourth-order valence-electron chi connectivity index (χ4n) is 2.50. The maximum Gasteiger partial charge on any atom is 0.276 e. The molecular weight excluding hydrogens is 506 g/mol. The molecule has 0 aliphatic rings. The van der Waals surface area contributed by atoms with Crippen molar-refractivity contribution in [3.8, 4) is 11.5 Å². The molecule has 2 amide bonds. The lowest BCUT2D eigenvalue weighted by Gasteiger charge is -2.12. The van der Waals surface area contributed by atoms with Crippen LogP contribution in [0.1, 0.15) is 0 Å². The second-order valence-corrected chi connectivity index (χ2v) is 7.94. The first-order valence-corrected chi connectivity index (χ1v) is 10.6. The summed E-state index contributed by atoms with van der Waals surface area (Å²) in [6.45, 7) is -0.532. The molecule has 3 aromatic rings. The molecule has 3 rings (SSSR count). The predicted octanol–water partition coefficient (Wildman–Crippen LogP) is 3.74. The number of carbonyl (C=O) groups is 2. The van der Waals surface area contributed by atoms with Crippen LogP contribution in [-0.2, 0) is 9.59 Å². The number of hydrazine groups is 1. The fourth-order valence-corrected chi connectivity index (χ4v) is 3.39. The number of ether oxygens (including phenoxy) is 2. The van der Waals surface area contributed by atoms with Gasteiger partial charge in [0.15, 0.2) is 18.3 Å². The average molecular weight is 523 g/mol. The molecule has 0 spiro atoms. The molecule has 3 aromatic carbocycles. The third-order valence-corrected chi connectivity index (χ3v) is 4.90. The summed E-state index contributed by atoms with van der Waals surface area (Å²) in [6, 6.07) is 18.4. The van der Waals surface area contributed by atoms with E-state index in [0.717, 1.165) is 15.2 Å². The molecule has 0 heterocycles. The van der Waals surface area contributed by atoms with Gasteiger partial charge in [-0.05, 0) is 53.3 Å². The smallest absolute Gasteiger partial charge is 0.276 e. The van der Waals surface area contributed by atoms with Crippen LogP contribution in [-0.4, -0.2) is 30.1 Å². The summed E-state index contributed by atoms with van der Waals surface area (Å²) in [6.07, 6.45) is 0. The quantitative estimate of drug-likeness (QED) is 0.338. The van der Waals surface area contributed by atoms with E-state index in [-0.39, 0.29) is 18.3 Å². The summed E-state index contributed by atoms with van der Waals surface area (Å²) >= 11 is 14.3. The normalized spacial score (nSPS) is 10.3. The minimum atomic E-state index is -0.516. The van der Waals surface area contributed by atoms with Gasteiger partial charge < -0.3 is 9.47 Å². The van der Waals surface area contributed by atoms with E-state index in [1.165, 1.54) is 0 Å². The Balaban J connectivity index is 1.37. The molecule has 0 atom stereocenters. The molecule has 31 heavy (non-hydrogen) atoms. The van der Waals surface area contributed by atoms with E-state index < -0.39 is 11.8 Å². The zero-order valence-corrected chi connectivity index (χ0v) is 19.1. The van der Waals surface area contributed by atoms with Crippen molar-refractivity contribution >= 4 is 67.4 Å². The molecule has 160 valence electrons.